The standard InChI is InChI=1S/C18H18FN3O6S/c1-2-20-29(26,27)13-7-5-6-12(10-13)18(25)28-11-16(23)21-22-17(24)14-8-3-4-9-15(14)19/h3-10,20H,2,11H2,1H3,(H,21,23)(H,22,24). The van der Waals surface area contributed by atoms with Gasteiger partial charge in [0, 0.05) is 6.54 Å². The molecule has 154 valence electrons. The quantitative estimate of drug-likeness (QED) is 0.445. The van der Waals surface area contributed by atoms with E-state index in [1.165, 1.54) is 36.4 Å². The number of amides is 2. The van der Waals surface area contributed by atoms with Gasteiger partial charge in [-0.2, -0.15) is 0 Å². The SMILES string of the molecule is CCNS(=O)(=O)c1cccc(C(=O)OCC(=O)NNC(=O)c2ccccc2F)c1. The van der Waals surface area contributed by atoms with E-state index in [1.807, 2.05) is 10.9 Å². The molecule has 0 saturated carbocycles. The van der Waals surface area contributed by atoms with Crippen molar-refractivity contribution < 1.29 is 31.9 Å². The maximum absolute atomic E-state index is 13.5. The Labute approximate surface area is 166 Å². The molecule has 2 rings (SSSR count). The fraction of sp³-hybridized carbons (Fsp3) is 0.167. The second-order valence-electron chi connectivity index (χ2n) is 5.59. The van der Waals surface area contributed by atoms with Gasteiger partial charge < -0.3 is 4.74 Å². The Hall–Kier alpha value is -3.31. The number of carbonyl (C=O) groups is 3. The van der Waals surface area contributed by atoms with Gasteiger partial charge in [0.25, 0.3) is 11.8 Å². The van der Waals surface area contributed by atoms with E-state index in [1.54, 1.807) is 6.92 Å². The van der Waals surface area contributed by atoms with Gasteiger partial charge in [0.2, 0.25) is 10.0 Å². The van der Waals surface area contributed by atoms with Crippen molar-refractivity contribution in [1.82, 2.24) is 15.6 Å². The highest BCUT2D eigenvalue weighted by Crippen LogP contribution is 2.12. The summed E-state index contributed by atoms with van der Waals surface area (Å²) in [6, 6.07) is 10.3. The van der Waals surface area contributed by atoms with Crippen LogP contribution >= 0.6 is 0 Å². The molecule has 0 aromatic heterocycles. The Balaban J connectivity index is 1.90. The number of hydrogen-bond donors (Lipinski definition) is 3. The van der Waals surface area contributed by atoms with Crippen molar-refractivity contribution in [2.75, 3.05) is 13.2 Å². The summed E-state index contributed by atoms with van der Waals surface area (Å²) in [4.78, 5) is 35.4. The van der Waals surface area contributed by atoms with E-state index in [9.17, 15) is 27.2 Å². The minimum absolute atomic E-state index is 0.0767. The number of carbonyl (C=O) groups excluding carboxylic acids is 3. The maximum Gasteiger partial charge on any atom is 0.338 e. The Morgan fingerprint density at radius 2 is 1.76 bits per heavy atom. The molecule has 0 heterocycles. The summed E-state index contributed by atoms with van der Waals surface area (Å²) < 4.78 is 44.5. The number of esters is 1. The van der Waals surface area contributed by atoms with Crippen LogP contribution in [0.4, 0.5) is 4.39 Å². The molecule has 0 aliphatic heterocycles. The fourth-order valence-electron chi connectivity index (χ4n) is 2.15. The Bertz CT molecular complexity index is 1030. The van der Waals surface area contributed by atoms with Gasteiger partial charge in [-0.1, -0.05) is 25.1 Å². The van der Waals surface area contributed by atoms with Gasteiger partial charge in [-0.25, -0.2) is 22.3 Å². The normalized spacial score (nSPS) is 10.8. The minimum Gasteiger partial charge on any atom is -0.452 e. The summed E-state index contributed by atoms with van der Waals surface area (Å²) in [6.45, 7) is 1.04. The summed E-state index contributed by atoms with van der Waals surface area (Å²) in [5.74, 6) is -3.46. The fourth-order valence-corrected chi connectivity index (χ4v) is 3.24. The van der Waals surface area contributed by atoms with Crippen LogP contribution in [0, 0.1) is 5.82 Å². The van der Waals surface area contributed by atoms with E-state index >= 15 is 0 Å². The predicted octanol–water partition coefficient (Wildman–Crippen LogP) is 0.742. The zero-order chi connectivity index (χ0) is 21.4. The summed E-state index contributed by atoms with van der Waals surface area (Å²) in [5.41, 5.74) is 3.62. The molecule has 2 aromatic rings. The molecule has 11 heteroatoms. The number of nitrogens with one attached hydrogen (secondary N) is 3. The highest BCUT2D eigenvalue weighted by molar-refractivity contribution is 7.89. The number of hydrazine groups is 1. The molecule has 29 heavy (non-hydrogen) atoms. The molecular weight excluding hydrogens is 405 g/mol. The lowest BCUT2D eigenvalue weighted by atomic mass is 10.2. The van der Waals surface area contributed by atoms with E-state index in [-0.39, 0.29) is 22.6 Å². The molecule has 2 aromatic carbocycles. The van der Waals surface area contributed by atoms with E-state index in [0.717, 1.165) is 12.1 Å². The number of sulfonamides is 1. The van der Waals surface area contributed by atoms with Crippen LogP contribution in [0.2, 0.25) is 0 Å². The van der Waals surface area contributed by atoms with Gasteiger partial charge in [-0.15, -0.1) is 0 Å². The molecule has 0 radical (unpaired) electrons. The molecule has 2 amide bonds. The number of halogens is 1. The van der Waals surface area contributed by atoms with Gasteiger partial charge in [-0.05, 0) is 30.3 Å². The second-order valence-corrected chi connectivity index (χ2v) is 7.35. The third-order valence-electron chi connectivity index (χ3n) is 3.48. The number of benzene rings is 2. The predicted molar refractivity (Wildman–Crippen MR) is 99.6 cm³/mol. The molecule has 0 fully saturated rings. The van der Waals surface area contributed by atoms with Gasteiger partial charge in [0.1, 0.15) is 5.82 Å². The zero-order valence-corrected chi connectivity index (χ0v) is 16.1. The molecule has 0 aliphatic carbocycles. The van der Waals surface area contributed by atoms with Crippen molar-refractivity contribution in [2.45, 2.75) is 11.8 Å². The first-order valence-electron chi connectivity index (χ1n) is 8.35. The summed E-state index contributed by atoms with van der Waals surface area (Å²) in [6.07, 6.45) is 0. The van der Waals surface area contributed by atoms with Crippen LogP contribution in [0.15, 0.2) is 53.4 Å². The van der Waals surface area contributed by atoms with Crippen molar-refractivity contribution in [1.29, 1.82) is 0 Å². The second kappa shape index (κ2) is 9.75. The first-order valence-corrected chi connectivity index (χ1v) is 9.83. The third-order valence-corrected chi connectivity index (χ3v) is 5.03. The molecular formula is C18H18FN3O6S. The van der Waals surface area contributed by atoms with Crippen molar-refractivity contribution in [3.63, 3.8) is 0 Å². The lowest BCUT2D eigenvalue weighted by molar-refractivity contribution is -0.125. The molecule has 0 spiro atoms. The Kier molecular flexibility index (Phi) is 7.39. The molecule has 0 unspecified atom stereocenters. The molecule has 0 aliphatic rings. The molecule has 0 saturated heterocycles. The highest BCUT2D eigenvalue weighted by atomic mass is 32.2. The van der Waals surface area contributed by atoms with Crippen LogP contribution in [0.25, 0.3) is 0 Å². The van der Waals surface area contributed by atoms with E-state index < -0.39 is 40.2 Å². The van der Waals surface area contributed by atoms with Gasteiger partial charge in [-0.3, -0.25) is 20.4 Å². The maximum atomic E-state index is 13.5. The highest BCUT2D eigenvalue weighted by Gasteiger charge is 2.17. The molecule has 3 N–H and O–H groups in total. The van der Waals surface area contributed by atoms with E-state index in [2.05, 4.69) is 4.72 Å². The Morgan fingerprint density at radius 1 is 1.03 bits per heavy atom. The van der Waals surface area contributed by atoms with Crippen LogP contribution in [0.1, 0.15) is 27.6 Å². The lowest BCUT2D eigenvalue weighted by Crippen LogP contribution is -2.43. The smallest absolute Gasteiger partial charge is 0.338 e. The summed E-state index contributed by atoms with van der Waals surface area (Å²) in [7, 11) is -3.76. The van der Waals surface area contributed by atoms with Crippen molar-refractivity contribution in [3.8, 4) is 0 Å². The van der Waals surface area contributed by atoms with E-state index in [0.29, 0.717) is 0 Å². The average molecular weight is 423 g/mol. The average Bonchev–Trinajstić information content (AvgIpc) is 2.70. The largest absolute Gasteiger partial charge is 0.452 e. The van der Waals surface area contributed by atoms with Gasteiger partial charge in [0.15, 0.2) is 6.61 Å². The van der Waals surface area contributed by atoms with Crippen molar-refractivity contribution in [2.24, 2.45) is 0 Å². The van der Waals surface area contributed by atoms with Crippen LogP contribution in [-0.4, -0.2) is 39.4 Å². The summed E-state index contributed by atoms with van der Waals surface area (Å²) in [5, 5.41) is 0. The number of rotatable bonds is 7. The first-order chi connectivity index (χ1) is 13.7. The van der Waals surface area contributed by atoms with Crippen LogP contribution < -0.4 is 15.6 Å². The van der Waals surface area contributed by atoms with Crippen LogP contribution in [-0.2, 0) is 19.6 Å². The number of hydrogen-bond acceptors (Lipinski definition) is 6. The zero-order valence-electron chi connectivity index (χ0n) is 15.3. The van der Waals surface area contributed by atoms with E-state index in [4.69, 9.17) is 4.74 Å². The monoisotopic (exact) mass is 423 g/mol. The first kappa shape index (κ1) is 22.0. The lowest BCUT2D eigenvalue weighted by Gasteiger charge is -2.09. The van der Waals surface area contributed by atoms with Crippen LogP contribution in [0.3, 0.4) is 0 Å². The van der Waals surface area contributed by atoms with Crippen molar-refractivity contribution >= 4 is 27.8 Å². The summed E-state index contributed by atoms with van der Waals surface area (Å²) >= 11 is 0. The molecule has 0 bridgehead atoms. The minimum atomic E-state index is -3.76. The van der Waals surface area contributed by atoms with Crippen LogP contribution in [0.5, 0.6) is 0 Å². The van der Waals surface area contributed by atoms with Gasteiger partial charge in [0.05, 0.1) is 16.0 Å². The Morgan fingerprint density at radius 3 is 2.45 bits per heavy atom. The molecule has 0 atom stereocenters. The molecule has 9 nitrogen and oxygen atoms in total. The number of ether oxygens (including phenoxy) is 1. The van der Waals surface area contributed by atoms with Crippen molar-refractivity contribution in [3.05, 3.63) is 65.5 Å². The third kappa shape index (κ3) is 6.09. The van der Waals surface area contributed by atoms with Gasteiger partial charge >= 0.3 is 5.97 Å². The topological polar surface area (TPSA) is 131 Å².